The van der Waals surface area contributed by atoms with Crippen LogP contribution < -0.4 is 15.4 Å². The molecule has 0 radical (unpaired) electrons. The van der Waals surface area contributed by atoms with Crippen molar-refractivity contribution in [2.75, 3.05) is 26.7 Å². The van der Waals surface area contributed by atoms with E-state index in [1.165, 1.54) is 5.56 Å². The molecule has 0 spiro atoms. The second-order valence-electron chi connectivity index (χ2n) is 8.44. The zero-order chi connectivity index (χ0) is 22.4. The van der Waals surface area contributed by atoms with Crippen molar-refractivity contribution in [1.82, 2.24) is 15.5 Å². The Labute approximate surface area is 189 Å². The van der Waals surface area contributed by atoms with Gasteiger partial charge in [0.25, 0.3) is 5.91 Å². The second kappa shape index (κ2) is 9.73. The maximum atomic E-state index is 13.0. The molecule has 1 heterocycles. The number of methoxy groups -OCH3 is 1. The molecule has 1 saturated heterocycles. The lowest BCUT2D eigenvalue weighted by Gasteiger charge is -2.43. The van der Waals surface area contributed by atoms with Crippen molar-refractivity contribution in [2.24, 2.45) is 4.99 Å². The van der Waals surface area contributed by atoms with Gasteiger partial charge in [-0.15, -0.1) is 0 Å². The number of benzene rings is 2. The van der Waals surface area contributed by atoms with Gasteiger partial charge in [-0.05, 0) is 43.4 Å². The summed E-state index contributed by atoms with van der Waals surface area (Å²) >= 11 is 0. The largest absolute Gasteiger partial charge is 0.496 e. The van der Waals surface area contributed by atoms with E-state index < -0.39 is 0 Å². The third-order valence-corrected chi connectivity index (χ3v) is 6.36. The average Bonchev–Trinajstić information content (AvgIpc) is 3.67. The van der Waals surface area contributed by atoms with Crippen LogP contribution in [0.3, 0.4) is 0 Å². The van der Waals surface area contributed by atoms with E-state index in [2.05, 4.69) is 32.7 Å². The number of amides is 1. The molecule has 4 rings (SSSR count). The second-order valence-corrected chi connectivity index (χ2v) is 8.44. The molecule has 7 heteroatoms. The van der Waals surface area contributed by atoms with Crippen LogP contribution in [-0.4, -0.2) is 49.6 Å². The van der Waals surface area contributed by atoms with Gasteiger partial charge in [0.05, 0.1) is 18.7 Å². The number of nitrogens with zero attached hydrogens (tertiary/aromatic N) is 3. The number of rotatable bonds is 6. The van der Waals surface area contributed by atoms with Gasteiger partial charge in [-0.3, -0.25) is 10.1 Å². The van der Waals surface area contributed by atoms with Gasteiger partial charge >= 0.3 is 0 Å². The Morgan fingerprint density at radius 3 is 2.50 bits per heavy atom. The molecule has 0 aromatic heterocycles. The number of para-hydroxylation sites is 1. The number of piperidine rings is 1. The number of ether oxygens (including phenoxy) is 1. The molecule has 7 nitrogen and oxygen atoms in total. The predicted molar refractivity (Wildman–Crippen MR) is 123 cm³/mol. The molecule has 2 N–H and O–H groups in total. The summed E-state index contributed by atoms with van der Waals surface area (Å²) in [7, 11) is 1.57. The summed E-state index contributed by atoms with van der Waals surface area (Å²) in [4.78, 5) is 19.8. The van der Waals surface area contributed by atoms with Gasteiger partial charge < -0.3 is 15.0 Å². The number of likely N-dealkylation sites (tertiary alicyclic amines) is 1. The van der Waals surface area contributed by atoms with E-state index in [1.54, 1.807) is 19.2 Å². The molecular weight excluding hydrogens is 402 g/mol. The van der Waals surface area contributed by atoms with Crippen LogP contribution in [0.4, 0.5) is 0 Å². The third kappa shape index (κ3) is 4.86. The molecule has 0 unspecified atom stereocenters. The van der Waals surface area contributed by atoms with Crippen LogP contribution in [0.15, 0.2) is 59.6 Å². The first-order chi connectivity index (χ1) is 15.6. The number of carbonyl (C=O) groups excluding carboxylic acids is 1. The highest BCUT2D eigenvalue weighted by Gasteiger charge is 2.38. The van der Waals surface area contributed by atoms with E-state index >= 15 is 0 Å². The van der Waals surface area contributed by atoms with Gasteiger partial charge in [0, 0.05) is 25.0 Å². The molecule has 2 aliphatic rings. The number of hydrogen-bond donors (Lipinski definition) is 2. The molecule has 2 aromatic carbocycles. The van der Waals surface area contributed by atoms with Crippen molar-refractivity contribution in [3.8, 4) is 11.9 Å². The van der Waals surface area contributed by atoms with Crippen LogP contribution in [0.5, 0.6) is 5.75 Å². The molecule has 1 aliphatic heterocycles. The quantitative estimate of drug-likeness (QED) is 0.318. The van der Waals surface area contributed by atoms with Crippen LogP contribution in [0.25, 0.3) is 0 Å². The minimum absolute atomic E-state index is 0.137. The van der Waals surface area contributed by atoms with E-state index in [0.29, 0.717) is 29.9 Å². The Bertz CT molecular complexity index is 1000. The summed E-state index contributed by atoms with van der Waals surface area (Å²) in [6.07, 6.45) is 5.90. The van der Waals surface area contributed by atoms with Gasteiger partial charge in [0.15, 0.2) is 6.19 Å². The molecule has 32 heavy (non-hydrogen) atoms. The SMILES string of the molecule is COc1ccccc1C(=O)NCC1(c2ccccc2)CCN(C(=NC2CC2)NC#N)CC1. The molecule has 0 bridgehead atoms. The Kier molecular flexibility index (Phi) is 6.60. The van der Waals surface area contributed by atoms with Crippen molar-refractivity contribution in [3.05, 3.63) is 65.7 Å². The number of nitrogens with one attached hydrogen (secondary N) is 2. The van der Waals surface area contributed by atoms with E-state index in [4.69, 9.17) is 10.00 Å². The van der Waals surface area contributed by atoms with Gasteiger partial charge in [-0.25, -0.2) is 4.99 Å². The highest BCUT2D eigenvalue weighted by molar-refractivity contribution is 5.97. The predicted octanol–water partition coefficient (Wildman–Crippen LogP) is 3.05. The fraction of sp³-hybridized carbons (Fsp3) is 0.400. The normalized spacial score (nSPS) is 17.9. The topological polar surface area (TPSA) is 89.8 Å². The van der Waals surface area contributed by atoms with E-state index in [1.807, 2.05) is 36.5 Å². The maximum Gasteiger partial charge on any atom is 0.255 e. The zero-order valence-electron chi connectivity index (χ0n) is 18.4. The number of aliphatic imine (C=N–C) groups is 1. The standard InChI is InChI=1S/C25H29N5O2/c1-32-22-10-6-5-9-21(22)23(31)27-17-25(19-7-3-2-4-8-19)13-15-30(16-14-25)24(28-18-26)29-20-11-12-20/h2-10,20H,11-17H2,1H3,(H,27,31)(H,28,29). The third-order valence-electron chi connectivity index (χ3n) is 6.36. The summed E-state index contributed by atoms with van der Waals surface area (Å²) in [5.41, 5.74) is 1.56. The van der Waals surface area contributed by atoms with Crippen molar-refractivity contribution in [2.45, 2.75) is 37.1 Å². The van der Waals surface area contributed by atoms with Gasteiger partial charge in [0.1, 0.15) is 5.75 Å². The number of guanidine groups is 1. The van der Waals surface area contributed by atoms with Crippen molar-refractivity contribution >= 4 is 11.9 Å². The first-order valence-corrected chi connectivity index (χ1v) is 11.1. The lowest BCUT2D eigenvalue weighted by Crippen LogP contribution is -2.52. The fourth-order valence-corrected chi connectivity index (χ4v) is 4.30. The van der Waals surface area contributed by atoms with E-state index in [9.17, 15) is 4.79 Å². The molecule has 0 atom stereocenters. The van der Waals surface area contributed by atoms with Gasteiger partial charge in [-0.1, -0.05) is 42.5 Å². The smallest absolute Gasteiger partial charge is 0.255 e. The van der Waals surface area contributed by atoms with E-state index in [-0.39, 0.29) is 11.3 Å². The van der Waals surface area contributed by atoms with Gasteiger partial charge in [0.2, 0.25) is 5.96 Å². The molecular formula is C25H29N5O2. The fourth-order valence-electron chi connectivity index (χ4n) is 4.30. The lowest BCUT2D eigenvalue weighted by atomic mass is 9.72. The molecule has 166 valence electrons. The average molecular weight is 432 g/mol. The van der Waals surface area contributed by atoms with Crippen LogP contribution in [0.2, 0.25) is 0 Å². The van der Waals surface area contributed by atoms with Gasteiger partial charge in [-0.2, -0.15) is 5.26 Å². The van der Waals surface area contributed by atoms with Crippen LogP contribution in [0, 0.1) is 11.5 Å². The van der Waals surface area contributed by atoms with Crippen molar-refractivity contribution < 1.29 is 9.53 Å². The molecule has 2 aromatic rings. The lowest BCUT2D eigenvalue weighted by molar-refractivity contribution is 0.0929. The number of nitriles is 1. The summed E-state index contributed by atoms with van der Waals surface area (Å²) < 4.78 is 5.35. The first kappa shape index (κ1) is 21.7. The zero-order valence-corrected chi connectivity index (χ0v) is 18.4. The Hall–Kier alpha value is -3.53. The number of carbonyl (C=O) groups is 1. The summed E-state index contributed by atoms with van der Waals surface area (Å²) in [5.74, 6) is 1.11. The molecule has 1 amide bonds. The molecule has 1 saturated carbocycles. The molecule has 2 fully saturated rings. The Balaban J connectivity index is 1.50. The first-order valence-electron chi connectivity index (χ1n) is 11.1. The van der Waals surface area contributed by atoms with Crippen molar-refractivity contribution in [1.29, 1.82) is 5.26 Å². The Morgan fingerprint density at radius 2 is 1.84 bits per heavy atom. The van der Waals surface area contributed by atoms with Crippen LogP contribution >= 0.6 is 0 Å². The summed E-state index contributed by atoms with van der Waals surface area (Å²) in [6.45, 7) is 2.06. The van der Waals surface area contributed by atoms with Crippen LogP contribution in [-0.2, 0) is 5.41 Å². The monoisotopic (exact) mass is 431 g/mol. The van der Waals surface area contributed by atoms with Crippen molar-refractivity contribution in [3.63, 3.8) is 0 Å². The van der Waals surface area contributed by atoms with Crippen LogP contribution in [0.1, 0.15) is 41.6 Å². The Morgan fingerprint density at radius 1 is 1.16 bits per heavy atom. The number of hydrogen-bond acceptors (Lipinski definition) is 4. The highest BCUT2D eigenvalue weighted by Crippen LogP contribution is 2.35. The summed E-state index contributed by atoms with van der Waals surface area (Å²) in [5, 5.41) is 15.1. The maximum absolute atomic E-state index is 13.0. The molecule has 1 aliphatic carbocycles. The minimum atomic E-state index is -0.188. The summed E-state index contributed by atoms with van der Waals surface area (Å²) in [6, 6.07) is 18.0. The highest BCUT2D eigenvalue weighted by atomic mass is 16.5. The van der Waals surface area contributed by atoms with E-state index in [0.717, 1.165) is 38.8 Å². The minimum Gasteiger partial charge on any atom is -0.496 e.